The Balaban J connectivity index is 1.51. The first-order chi connectivity index (χ1) is 12.0. The van der Waals surface area contributed by atoms with Crippen molar-refractivity contribution in [2.45, 2.75) is 6.10 Å². The maximum Gasteiger partial charge on any atom is 0.414 e. The molecule has 0 spiro atoms. The summed E-state index contributed by atoms with van der Waals surface area (Å²) in [4.78, 5) is 25.4. The molecule has 1 saturated heterocycles. The lowest BCUT2D eigenvalue weighted by Gasteiger charge is -2.13. The van der Waals surface area contributed by atoms with Crippen molar-refractivity contribution in [3.05, 3.63) is 58.6 Å². The Morgan fingerprint density at radius 2 is 1.92 bits per heavy atom. The molecule has 130 valence electrons. The molecule has 1 heterocycles. The maximum absolute atomic E-state index is 12.0. The van der Waals surface area contributed by atoms with Crippen molar-refractivity contribution in [2.24, 2.45) is 0 Å². The Bertz CT molecular complexity index is 783. The van der Waals surface area contributed by atoms with Crippen LogP contribution in [-0.4, -0.2) is 31.3 Å². The van der Waals surface area contributed by atoms with E-state index >= 15 is 0 Å². The molecule has 2 aromatic carbocycles. The lowest BCUT2D eigenvalue weighted by Crippen LogP contribution is -2.37. The summed E-state index contributed by atoms with van der Waals surface area (Å²) in [7, 11) is 0. The fourth-order valence-corrected chi connectivity index (χ4v) is 2.71. The van der Waals surface area contributed by atoms with E-state index in [9.17, 15) is 9.59 Å². The molecule has 1 aliphatic rings. The van der Waals surface area contributed by atoms with Gasteiger partial charge in [0, 0.05) is 21.4 Å². The monoisotopic (exact) mass is 379 g/mol. The first-order valence-corrected chi connectivity index (χ1v) is 8.31. The van der Waals surface area contributed by atoms with E-state index in [0.29, 0.717) is 28.0 Å². The number of rotatable bonds is 4. The number of carbonyl (C=O) groups is 2. The van der Waals surface area contributed by atoms with E-state index in [4.69, 9.17) is 27.9 Å². The summed E-state index contributed by atoms with van der Waals surface area (Å²) < 4.78 is 5.27. The standard InChI is InChI=1S/C17H15Cl2N3O3/c18-11-4-6-13(7-5-11)21-16(23)20-9-15-10-22(17(24)25-15)14-3-1-2-12(19)8-14/h1-8,15H,9-10H2,(H2,20,21,23). The van der Waals surface area contributed by atoms with Crippen LogP contribution in [0.5, 0.6) is 0 Å². The molecule has 8 heteroatoms. The predicted molar refractivity (Wildman–Crippen MR) is 97.5 cm³/mol. The molecule has 0 bridgehead atoms. The minimum atomic E-state index is -0.466. The van der Waals surface area contributed by atoms with Crippen molar-refractivity contribution < 1.29 is 14.3 Å². The number of anilines is 2. The molecule has 0 radical (unpaired) electrons. The molecular weight excluding hydrogens is 365 g/mol. The van der Waals surface area contributed by atoms with Crippen molar-refractivity contribution >= 4 is 46.7 Å². The molecule has 0 saturated carbocycles. The van der Waals surface area contributed by atoms with E-state index in [-0.39, 0.29) is 12.6 Å². The fourth-order valence-electron chi connectivity index (χ4n) is 2.40. The summed E-state index contributed by atoms with van der Waals surface area (Å²) in [5, 5.41) is 6.48. The number of amides is 3. The quantitative estimate of drug-likeness (QED) is 0.838. The highest BCUT2D eigenvalue weighted by Crippen LogP contribution is 2.24. The van der Waals surface area contributed by atoms with Gasteiger partial charge in [-0.2, -0.15) is 0 Å². The molecule has 3 amide bonds. The molecule has 2 N–H and O–H groups in total. The number of urea groups is 1. The van der Waals surface area contributed by atoms with Crippen molar-refractivity contribution in [3.8, 4) is 0 Å². The summed E-state index contributed by atoms with van der Waals surface area (Å²) in [6.45, 7) is 0.530. The van der Waals surface area contributed by atoms with Crippen molar-refractivity contribution in [1.29, 1.82) is 0 Å². The van der Waals surface area contributed by atoms with Crippen LogP contribution >= 0.6 is 23.2 Å². The number of nitrogens with one attached hydrogen (secondary N) is 2. The van der Waals surface area contributed by atoms with Gasteiger partial charge < -0.3 is 15.4 Å². The van der Waals surface area contributed by atoms with E-state index in [1.165, 1.54) is 4.90 Å². The molecule has 0 aromatic heterocycles. The van der Waals surface area contributed by atoms with Gasteiger partial charge in [0.05, 0.1) is 13.1 Å². The van der Waals surface area contributed by atoms with Crippen LogP contribution < -0.4 is 15.5 Å². The molecule has 25 heavy (non-hydrogen) atoms. The predicted octanol–water partition coefficient (Wildman–Crippen LogP) is 4.14. The molecule has 2 aromatic rings. The van der Waals surface area contributed by atoms with Gasteiger partial charge in [-0.05, 0) is 42.5 Å². The summed E-state index contributed by atoms with van der Waals surface area (Å²) in [5.41, 5.74) is 1.27. The van der Waals surface area contributed by atoms with Gasteiger partial charge in [-0.1, -0.05) is 29.3 Å². The summed E-state index contributed by atoms with van der Waals surface area (Å²) >= 11 is 11.7. The third-order valence-electron chi connectivity index (χ3n) is 3.59. The SMILES string of the molecule is O=C(NCC1CN(c2cccc(Cl)c2)C(=O)O1)Nc1ccc(Cl)cc1. The second-order valence-corrected chi connectivity index (χ2v) is 6.31. The third-order valence-corrected chi connectivity index (χ3v) is 4.07. The second kappa shape index (κ2) is 7.63. The van der Waals surface area contributed by atoms with E-state index < -0.39 is 12.2 Å². The normalized spacial score (nSPS) is 16.5. The van der Waals surface area contributed by atoms with E-state index in [0.717, 1.165) is 0 Å². The van der Waals surface area contributed by atoms with Crippen LogP contribution in [0.4, 0.5) is 21.0 Å². The summed E-state index contributed by atoms with van der Waals surface area (Å²) in [6, 6.07) is 13.3. The first-order valence-electron chi connectivity index (χ1n) is 7.55. The number of hydrogen-bond acceptors (Lipinski definition) is 3. The molecular formula is C17H15Cl2N3O3. The largest absolute Gasteiger partial charge is 0.442 e. The number of nitrogens with zero attached hydrogens (tertiary/aromatic N) is 1. The Morgan fingerprint density at radius 3 is 2.64 bits per heavy atom. The second-order valence-electron chi connectivity index (χ2n) is 5.44. The molecule has 1 fully saturated rings. The van der Waals surface area contributed by atoms with Crippen LogP contribution in [0, 0.1) is 0 Å². The van der Waals surface area contributed by atoms with Crippen molar-refractivity contribution in [2.75, 3.05) is 23.3 Å². The van der Waals surface area contributed by atoms with E-state index in [1.54, 1.807) is 48.5 Å². The molecule has 1 atom stereocenters. The van der Waals surface area contributed by atoms with Crippen LogP contribution in [0.3, 0.4) is 0 Å². The number of ether oxygens (including phenoxy) is 1. The van der Waals surface area contributed by atoms with Gasteiger partial charge in [-0.3, -0.25) is 4.90 Å². The molecule has 1 aliphatic heterocycles. The summed E-state index contributed by atoms with van der Waals surface area (Å²) in [5.74, 6) is 0. The van der Waals surface area contributed by atoms with Gasteiger partial charge in [-0.25, -0.2) is 9.59 Å². The average molecular weight is 380 g/mol. The highest BCUT2D eigenvalue weighted by atomic mass is 35.5. The Hall–Kier alpha value is -2.44. The zero-order chi connectivity index (χ0) is 17.8. The van der Waals surface area contributed by atoms with Gasteiger partial charge >= 0.3 is 12.1 Å². The van der Waals surface area contributed by atoms with Gasteiger partial charge in [0.1, 0.15) is 6.10 Å². The van der Waals surface area contributed by atoms with Crippen LogP contribution in [0.15, 0.2) is 48.5 Å². The Morgan fingerprint density at radius 1 is 1.16 bits per heavy atom. The number of benzene rings is 2. The first kappa shape index (κ1) is 17.4. The number of halogens is 2. The summed E-state index contributed by atoms with van der Waals surface area (Å²) in [6.07, 6.45) is -0.908. The van der Waals surface area contributed by atoms with Gasteiger partial charge in [-0.15, -0.1) is 0 Å². The van der Waals surface area contributed by atoms with Crippen LogP contribution in [0.25, 0.3) is 0 Å². The molecule has 1 unspecified atom stereocenters. The highest BCUT2D eigenvalue weighted by molar-refractivity contribution is 6.31. The lowest BCUT2D eigenvalue weighted by atomic mass is 10.2. The average Bonchev–Trinajstić information content (AvgIpc) is 2.96. The number of cyclic esters (lactones) is 1. The van der Waals surface area contributed by atoms with Crippen LogP contribution in [0.1, 0.15) is 0 Å². The Labute approximate surface area is 154 Å². The van der Waals surface area contributed by atoms with Crippen molar-refractivity contribution in [1.82, 2.24) is 5.32 Å². The third kappa shape index (κ3) is 4.55. The molecule has 3 rings (SSSR count). The zero-order valence-corrected chi connectivity index (χ0v) is 14.6. The van der Waals surface area contributed by atoms with Crippen LogP contribution in [0.2, 0.25) is 10.0 Å². The minimum absolute atomic E-state index is 0.197. The van der Waals surface area contributed by atoms with Gasteiger partial charge in [0.15, 0.2) is 0 Å². The molecule has 6 nitrogen and oxygen atoms in total. The number of hydrogen-bond donors (Lipinski definition) is 2. The van der Waals surface area contributed by atoms with Crippen LogP contribution in [-0.2, 0) is 4.74 Å². The number of carbonyl (C=O) groups excluding carboxylic acids is 2. The lowest BCUT2D eigenvalue weighted by molar-refractivity contribution is 0.141. The minimum Gasteiger partial charge on any atom is -0.442 e. The van der Waals surface area contributed by atoms with Gasteiger partial charge in [0.2, 0.25) is 0 Å². The smallest absolute Gasteiger partial charge is 0.414 e. The topological polar surface area (TPSA) is 70.7 Å². The fraction of sp³-hybridized carbons (Fsp3) is 0.176. The van der Waals surface area contributed by atoms with Crippen molar-refractivity contribution in [3.63, 3.8) is 0 Å². The zero-order valence-electron chi connectivity index (χ0n) is 13.0. The maximum atomic E-state index is 12.0. The Kier molecular flexibility index (Phi) is 5.31. The van der Waals surface area contributed by atoms with E-state index in [1.807, 2.05) is 0 Å². The molecule has 0 aliphatic carbocycles. The van der Waals surface area contributed by atoms with E-state index in [2.05, 4.69) is 10.6 Å². The highest BCUT2D eigenvalue weighted by Gasteiger charge is 2.32. The van der Waals surface area contributed by atoms with Gasteiger partial charge in [0.25, 0.3) is 0 Å².